The third kappa shape index (κ3) is 3.47. The highest BCUT2D eigenvalue weighted by atomic mass is 16.5. The molecule has 1 amide bonds. The molecule has 0 saturated carbocycles. The van der Waals surface area contributed by atoms with E-state index < -0.39 is 6.09 Å². The lowest BCUT2D eigenvalue weighted by Gasteiger charge is -2.02. The van der Waals surface area contributed by atoms with Crippen LogP contribution in [0.15, 0.2) is 24.3 Å². The lowest BCUT2D eigenvalue weighted by atomic mass is 10.1. The molecule has 1 rings (SSSR count). The molecule has 3 nitrogen and oxygen atoms in total. The highest BCUT2D eigenvalue weighted by Crippen LogP contribution is 2.13. The molecule has 0 aliphatic carbocycles. The van der Waals surface area contributed by atoms with Gasteiger partial charge in [0.05, 0.1) is 0 Å². The van der Waals surface area contributed by atoms with Crippen molar-refractivity contribution in [2.45, 2.75) is 26.2 Å². The fraction of sp³-hybridized carbons (Fsp3) is 0.364. The first-order valence-electron chi connectivity index (χ1n) is 4.78. The zero-order valence-electron chi connectivity index (χ0n) is 8.32. The van der Waals surface area contributed by atoms with Gasteiger partial charge in [-0.2, -0.15) is 0 Å². The SMILES string of the molecule is CCCCc1ccc(OC(N)=O)cc1. The van der Waals surface area contributed by atoms with E-state index in [0.29, 0.717) is 5.75 Å². The molecular formula is C11H15NO2. The van der Waals surface area contributed by atoms with Gasteiger partial charge in [-0.05, 0) is 30.5 Å². The Morgan fingerprint density at radius 3 is 2.50 bits per heavy atom. The normalized spacial score (nSPS) is 9.79. The average molecular weight is 193 g/mol. The second kappa shape index (κ2) is 5.27. The van der Waals surface area contributed by atoms with Crippen LogP contribution >= 0.6 is 0 Å². The number of carbonyl (C=O) groups excluding carboxylic acids is 1. The van der Waals surface area contributed by atoms with Gasteiger partial charge >= 0.3 is 6.09 Å². The summed E-state index contributed by atoms with van der Waals surface area (Å²) in [6, 6.07) is 7.42. The van der Waals surface area contributed by atoms with Crippen molar-refractivity contribution in [2.24, 2.45) is 5.73 Å². The van der Waals surface area contributed by atoms with E-state index in [4.69, 9.17) is 10.5 Å². The van der Waals surface area contributed by atoms with Gasteiger partial charge in [0.15, 0.2) is 0 Å². The number of hydrogen-bond acceptors (Lipinski definition) is 2. The van der Waals surface area contributed by atoms with Gasteiger partial charge in [0.25, 0.3) is 0 Å². The maximum atomic E-state index is 10.4. The van der Waals surface area contributed by atoms with Gasteiger partial charge in [-0.15, -0.1) is 0 Å². The molecule has 0 aromatic heterocycles. The standard InChI is InChI=1S/C11H15NO2/c1-2-3-4-9-5-7-10(8-6-9)14-11(12)13/h5-8H,2-4H2,1H3,(H2,12,13). The van der Waals surface area contributed by atoms with E-state index >= 15 is 0 Å². The lowest BCUT2D eigenvalue weighted by Crippen LogP contribution is -2.16. The number of benzene rings is 1. The van der Waals surface area contributed by atoms with Crippen LogP contribution < -0.4 is 10.5 Å². The van der Waals surface area contributed by atoms with Crippen molar-refractivity contribution in [3.8, 4) is 5.75 Å². The van der Waals surface area contributed by atoms with Crippen LogP contribution in [0.1, 0.15) is 25.3 Å². The van der Waals surface area contributed by atoms with E-state index in [1.54, 1.807) is 12.1 Å². The van der Waals surface area contributed by atoms with Gasteiger partial charge in [-0.3, -0.25) is 0 Å². The number of hydrogen-bond donors (Lipinski definition) is 1. The molecule has 0 radical (unpaired) electrons. The quantitative estimate of drug-likeness (QED) is 0.798. The molecule has 0 unspecified atom stereocenters. The van der Waals surface area contributed by atoms with E-state index in [9.17, 15) is 4.79 Å². The fourth-order valence-electron chi connectivity index (χ4n) is 1.22. The summed E-state index contributed by atoms with van der Waals surface area (Å²) >= 11 is 0. The Bertz CT molecular complexity index is 293. The summed E-state index contributed by atoms with van der Waals surface area (Å²) in [6.07, 6.45) is 2.65. The van der Waals surface area contributed by atoms with Crippen molar-refractivity contribution in [2.75, 3.05) is 0 Å². The van der Waals surface area contributed by atoms with Crippen LogP contribution in [0.2, 0.25) is 0 Å². The molecular weight excluding hydrogens is 178 g/mol. The number of ether oxygens (including phenoxy) is 1. The first-order chi connectivity index (χ1) is 6.72. The molecule has 1 aromatic carbocycles. The lowest BCUT2D eigenvalue weighted by molar-refractivity contribution is 0.211. The average Bonchev–Trinajstić information content (AvgIpc) is 2.16. The summed E-state index contributed by atoms with van der Waals surface area (Å²) in [5.74, 6) is 0.498. The molecule has 76 valence electrons. The first kappa shape index (κ1) is 10.6. The van der Waals surface area contributed by atoms with Crippen molar-refractivity contribution in [1.82, 2.24) is 0 Å². The van der Waals surface area contributed by atoms with E-state index in [1.807, 2.05) is 12.1 Å². The van der Waals surface area contributed by atoms with Crippen molar-refractivity contribution < 1.29 is 9.53 Å². The maximum Gasteiger partial charge on any atom is 0.409 e. The van der Waals surface area contributed by atoms with Crippen LogP contribution in [0.5, 0.6) is 5.75 Å². The zero-order chi connectivity index (χ0) is 10.4. The minimum absolute atomic E-state index is 0.498. The third-order valence-corrected chi connectivity index (χ3v) is 1.96. The summed E-state index contributed by atoms with van der Waals surface area (Å²) in [5.41, 5.74) is 6.13. The molecule has 0 aliphatic heterocycles. The van der Waals surface area contributed by atoms with Crippen molar-refractivity contribution in [3.05, 3.63) is 29.8 Å². The zero-order valence-corrected chi connectivity index (χ0v) is 8.32. The molecule has 3 heteroatoms. The molecule has 0 bridgehead atoms. The van der Waals surface area contributed by atoms with Gasteiger partial charge in [0.1, 0.15) is 5.75 Å². The Labute approximate surface area is 83.9 Å². The molecule has 1 aromatic rings. The van der Waals surface area contributed by atoms with Crippen molar-refractivity contribution in [3.63, 3.8) is 0 Å². The van der Waals surface area contributed by atoms with Crippen LogP contribution in [0.25, 0.3) is 0 Å². The molecule has 0 fully saturated rings. The van der Waals surface area contributed by atoms with Crippen molar-refractivity contribution in [1.29, 1.82) is 0 Å². The van der Waals surface area contributed by atoms with E-state index in [-0.39, 0.29) is 0 Å². The number of carbonyl (C=O) groups is 1. The Morgan fingerprint density at radius 2 is 2.00 bits per heavy atom. The van der Waals surface area contributed by atoms with Gasteiger partial charge < -0.3 is 10.5 Å². The number of amides is 1. The van der Waals surface area contributed by atoms with Gasteiger partial charge in [-0.25, -0.2) is 4.79 Å². The van der Waals surface area contributed by atoms with Gasteiger partial charge in [0, 0.05) is 0 Å². The van der Waals surface area contributed by atoms with Gasteiger partial charge in [0.2, 0.25) is 0 Å². The highest BCUT2D eigenvalue weighted by molar-refractivity contribution is 5.67. The largest absolute Gasteiger partial charge is 0.411 e. The predicted molar refractivity (Wildman–Crippen MR) is 55.3 cm³/mol. The number of unbranched alkanes of at least 4 members (excludes halogenated alkanes) is 1. The second-order valence-corrected chi connectivity index (χ2v) is 3.17. The molecule has 0 aliphatic rings. The summed E-state index contributed by atoms with van der Waals surface area (Å²) in [5, 5.41) is 0. The van der Waals surface area contributed by atoms with Crippen LogP contribution in [0.3, 0.4) is 0 Å². The fourth-order valence-corrected chi connectivity index (χ4v) is 1.22. The van der Waals surface area contributed by atoms with E-state index in [2.05, 4.69) is 6.92 Å². The molecule has 0 spiro atoms. The van der Waals surface area contributed by atoms with Crippen molar-refractivity contribution >= 4 is 6.09 Å². The summed E-state index contributed by atoms with van der Waals surface area (Å²) < 4.78 is 4.71. The minimum Gasteiger partial charge on any atom is -0.411 e. The van der Waals surface area contributed by atoms with Crippen LogP contribution in [-0.4, -0.2) is 6.09 Å². The second-order valence-electron chi connectivity index (χ2n) is 3.17. The maximum absolute atomic E-state index is 10.4. The molecule has 14 heavy (non-hydrogen) atoms. The number of nitrogens with two attached hydrogens (primary N) is 1. The summed E-state index contributed by atoms with van der Waals surface area (Å²) in [6.45, 7) is 2.16. The monoisotopic (exact) mass is 193 g/mol. The Kier molecular flexibility index (Phi) is 3.98. The topological polar surface area (TPSA) is 52.3 Å². The van der Waals surface area contributed by atoms with E-state index in [1.165, 1.54) is 18.4 Å². The predicted octanol–water partition coefficient (Wildman–Crippen LogP) is 2.49. The highest BCUT2D eigenvalue weighted by Gasteiger charge is 1.98. The Hall–Kier alpha value is -1.51. The summed E-state index contributed by atoms with van der Waals surface area (Å²) in [4.78, 5) is 10.4. The Morgan fingerprint density at radius 1 is 1.36 bits per heavy atom. The van der Waals surface area contributed by atoms with Crippen LogP contribution in [0.4, 0.5) is 4.79 Å². The van der Waals surface area contributed by atoms with Crippen LogP contribution in [0, 0.1) is 0 Å². The Balaban J connectivity index is 2.54. The van der Waals surface area contributed by atoms with E-state index in [0.717, 1.165) is 6.42 Å². The third-order valence-electron chi connectivity index (χ3n) is 1.96. The smallest absolute Gasteiger partial charge is 0.409 e. The molecule has 0 atom stereocenters. The number of primary amides is 1. The number of rotatable bonds is 4. The minimum atomic E-state index is -0.772. The molecule has 0 heterocycles. The molecule has 0 saturated heterocycles. The number of aryl methyl sites for hydroxylation is 1. The molecule has 2 N–H and O–H groups in total. The summed E-state index contributed by atoms with van der Waals surface area (Å²) in [7, 11) is 0. The first-order valence-corrected chi connectivity index (χ1v) is 4.78. The van der Waals surface area contributed by atoms with Gasteiger partial charge in [-0.1, -0.05) is 25.5 Å². The van der Waals surface area contributed by atoms with Crippen LogP contribution in [-0.2, 0) is 6.42 Å².